The summed E-state index contributed by atoms with van der Waals surface area (Å²) in [4.78, 5) is 6.74. The van der Waals surface area contributed by atoms with Crippen molar-refractivity contribution in [2.75, 3.05) is 18.1 Å². The molecule has 8 nitrogen and oxygen atoms in total. The van der Waals surface area contributed by atoms with E-state index in [1.165, 1.54) is 6.07 Å². The quantitative estimate of drug-likeness (QED) is 0.362. The van der Waals surface area contributed by atoms with Gasteiger partial charge in [0.05, 0.1) is 30.3 Å². The molecule has 0 aliphatic carbocycles. The number of aromatic nitrogens is 6. The standard InChI is InChI=1S/C25H20FN7O/c1-16-29-30-25-28-24(23-20(26)6-4-8-22(23)33(16)25)32-13-14-34-15-19-17(5-3-7-21(19)32)9-10-18-11-12-27-31(18)2/h3-8,11-12H,13-15H2,1-2H3. The number of hydrogen-bond donors (Lipinski definition) is 0. The SMILES string of the molecule is Cc1nnc2nc(N3CCOCc4c(C#Cc5ccnn5C)cccc43)c3c(F)cccc3n12. The first-order valence-corrected chi connectivity index (χ1v) is 10.9. The van der Waals surface area contributed by atoms with E-state index >= 15 is 4.39 Å². The summed E-state index contributed by atoms with van der Waals surface area (Å²) in [5.74, 6) is 7.64. The molecular weight excluding hydrogens is 433 g/mol. The van der Waals surface area contributed by atoms with Crippen LogP contribution in [0.3, 0.4) is 0 Å². The Kier molecular flexibility index (Phi) is 4.74. The van der Waals surface area contributed by atoms with Gasteiger partial charge >= 0.3 is 0 Å². The second-order valence-electron chi connectivity index (χ2n) is 8.05. The Morgan fingerprint density at radius 1 is 1.06 bits per heavy atom. The second-order valence-corrected chi connectivity index (χ2v) is 8.05. The summed E-state index contributed by atoms with van der Waals surface area (Å²) in [5, 5.41) is 12.9. The topological polar surface area (TPSA) is 73.4 Å². The molecule has 0 amide bonds. The van der Waals surface area contributed by atoms with E-state index in [1.807, 2.05) is 49.2 Å². The summed E-state index contributed by atoms with van der Waals surface area (Å²) >= 11 is 0. The molecule has 0 radical (unpaired) electrons. The molecular formula is C25H20FN7O. The third-order valence-electron chi connectivity index (χ3n) is 6.02. The first-order chi connectivity index (χ1) is 16.6. The number of anilines is 2. The lowest BCUT2D eigenvalue weighted by Crippen LogP contribution is -2.23. The predicted molar refractivity (Wildman–Crippen MR) is 125 cm³/mol. The Morgan fingerprint density at radius 3 is 2.79 bits per heavy atom. The van der Waals surface area contributed by atoms with Crippen molar-refractivity contribution in [3.05, 3.63) is 77.1 Å². The third-order valence-corrected chi connectivity index (χ3v) is 6.02. The van der Waals surface area contributed by atoms with Gasteiger partial charge in [-0.15, -0.1) is 10.2 Å². The Labute approximate surface area is 194 Å². The zero-order valence-electron chi connectivity index (χ0n) is 18.7. The highest BCUT2D eigenvalue weighted by atomic mass is 19.1. The molecule has 34 heavy (non-hydrogen) atoms. The molecule has 9 heteroatoms. The maximum atomic E-state index is 15.3. The van der Waals surface area contributed by atoms with Crippen LogP contribution in [0.1, 0.15) is 22.6 Å². The van der Waals surface area contributed by atoms with Gasteiger partial charge in [0.1, 0.15) is 23.2 Å². The van der Waals surface area contributed by atoms with Crippen molar-refractivity contribution in [1.29, 1.82) is 0 Å². The highest BCUT2D eigenvalue weighted by Crippen LogP contribution is 2.37. The number of aryl methyl sites for hydroxylation is 2. The van der Waals surface area contributed by atoms with Gasteiger partial charge < -0.3 is 9.64 Å². The molecule has 0 saturated heterocycles. The summed E-state index contributed by atoms with van der Waals surface area (Å²) < 4.78 is 24.7. The molecule has 5 aromatic rings. The largest absolute Gasteiger partial charge is 0.375 e. The van der Waals surface area contributed by atoms with Crippen LogP contribution in [0.2, 0.25) is 0 Å². The fraction of sp³-hybridized carbons (Fsp3) is 0.200. The zero-order valence-corrected chi connectivity index (χ0v) is 18.7. The van der Waals surface area contributed by atoms with Crippen molar-refractivity contribution >= 4 is 28.2 Å². The summed E-state index contributed by atoms with van der Waals surface area (Å²) in [6.07, 6.45) is 1.72. The third kappa shape index (κ3) is 3.19. The normalized spacial score (nSPS) is 13.6. The number of rotatable bonds is 1. The molecule has 168 valence electrons. The van der Waals surface area contributed by atoms with Crippen LogP contribution in [-0.4, -0.2) is 42.5 Å². The summed E-state index contributed by atoms with van der Waals surface area (Å²) in [6, 6.07) is 12.8. The van der Waals surface area contributed by atoms with E-state index in [-0.39, 0.29) is 5.82 Å². The second kappa shape index (κ2) is 7.93. The van der Waals surface area contributed by atoms with E-state index in [1.54, 1.807) is 21.3 Å². The minimum absolute atomic E-state index is 0.353. The van der Waals surface area contributed by atoms with Crippen molar-refractivity contribution in [3.63, 3.8) is 0 Å². The maximum absolute atomic E-state index is 15.3. The van der Waals surface area contributed by atoms with Crippen LogP contribution in [-0.2, 0) is 18.4 Å². The number of halogens is 1. The van der Waals surface area contributed by atoms with Gasteiger partial charge in [0.25, 0.3) is 5.78 Å². The van der Waals surface area contributed by atoms with E-state index in [0.29, 0.717) is 48.1 Å². The van der Waals surface area contributed by atoms with Gasteiger partial charge in [0, 0.05) is 30.4 Å². The van der Waals surface area contributed by atoms with Crippen LogP contribution in [0, 0.1) is 24.6 Å². The fourth-order valence-electron chi connectivity index (χ4n) is 4.37. The first kappa shape index (κ1) is 20.3. The number of benzene rings is 2. The molecule has 6 rings (SSSR count). The smallest absolute Gasteiger partial charge is 0.257 e. The molecule has 0 unspecified atom stereocenters. The Hall–Kier alpha value is -4.29. The van der Waals surface area contributed by atoms with Crippen LogP contribution < -0.4 is 4.90 Å². The van der Waals surface area contributed by atoms with Gasteiger partial charge in [-0.2, -0.15) is 10.1 Å². The highest BCUT2D eigenvalue weighted by molar-refractivity contribution is 5.94. The molecule has 0 N–H and O–H groups in total. The lowest BCUT2D eigenvalue weighted by Gasteiger charge is -2.25. The zero-order chi connectivity index (χ0) is 23.2. The van der Waals surface area contributed by atoms with Crippen molar-refractivity contribution in [1.82, 2.24) is 29.4 Å². The molecule has 1 aliphatic rings. The monoisotopic (exact) mass is 453 g/mol. The molecule has 1 aliphatic heterocycles. The predicted octanol–water partition coefficient (Wildman–Crippen LogP) is 3.53. The molecule has 0 saturated carbocycles. The Balaban J connectivity index is 1.57. The van der Waals surface area contributed by atoms with E-state index < -0.39 is 0 Å². The fourth-order valence-corrected chi connectivity index (χ4v) is 4.37. The molecule has 0 fully saturated rings. The van der Waals surface area contributed by atoms with E-state index in [9.17, 15) is 0 Å². The van der Waals surface area contributed by atoms with Gasteiger partial charge in [0.15, 0.2) is 0 Å². The van der Waals surface area contributed by atoms with Crippen molar-refractivity contribution in [2.45, 2.75) is 13.5 Å². The number of nitrogens with zero attached hydrogens (tertiary/aromatic N) is 7. The van der Waals surface area contributed by atoms with Crippen LogP contribution >= 0.6 is 0 Å². The number of ether oxygens (including phenoxy) is 1. The summed E-state index contributed by atoms with van der Waals surface area (Å²) in [6.45, 7) is 3.19. The Morgan fingerprint density at radius 2 is 1.94 bits per heavy atom. The van der Waals surface area contributed by atoms with Crippen LogP contribution in [0.4, 0.5) is 15.9 Å². The van der Waals surface area contributed by atoms with Crippen molar-refractivity contribution < 1.29 is 9.13 Å². The molecule has 0 spiro atoms. The van der Waals surface area contributed by atoms with E-state index in [0.717, 1.165) is 22.5 Å². The van der Waals surface area contributed by atoms with Crippen molar-refractivity contribution in [2.24, 2.45) is 7.05 Å². The minimum Gasteiger partial charge on any atom is -0.375 e. The van der Waals surface area contributed by atoms with E-state index in [4.69, 9.17) is 9.72 Å². The minimum atomic E-state index is -0.353. The molecule has 0 atom stereocenters. The Bertz CT molecular complexity index is 1630. The van der Waals surface area contributed by atoms with Crippen molar-refractivity contribution in [3.8, 4) is 11.8 Å². The van der Waals surface area contributed by atoms with E-state index in [2.05, 4.69) is 27.1 Å². The van der Waals surface area contributed by atoms with Gasteiger partial charge in [-0.1, -0.05) is 18.1 Å². The molecule has 3 aromatic heterocycles. The number of hydrogen-bond acceptors (Lipinski definition) is 6. The average molecular weight is 453 g/mol. The number of fused-ring (bicyclic) bond motifs is 4. The lowest BCUT2D eigenvalue weighted by atomic mass is 10.0. The van der Waals surface area contributed by atoms with Gasteiger partial charge in [0.2, 0.25) is 0 Å². The lowest BCUT2D eigenvalue weighted by molar-refractivity contribution is 0.133. The van der Waals surface area contributed by atoms with Gasteiger partial charge in [-0.05, 0) is 43.2 Å². The maximum Gasteiger partial charge on any atom is 0.257 e. The molecule has 4 heterocycles. The first-order valence-electron chi connectivity index (χ1n) is 10.9. The van der Waals surface area contributed by atoms with Gasteiger partial charge in [-0.3, -0.25) is 9.08 Å². The summed E-state index contributed by atoms with van der Waals surface area (Å²) in [7, 11) is 1.86. The average Bonchev–Trinajstić information content (AvgIpc) is 3.35. The molecule has 2 aromatic carbocycles. The van der Waals surface area contributed by atoms with Gasteiger partial charge in [-0.25, -0.2) is 4.39 Å². The van der Waals surface area contributed by atoms with Crippen LogP contribution in [0.15, 0.2) is 48.7 Å². The van der Waals surface area contributed by atoms with Crippen LogP contribution in [0.25, 0.3) is 16.7 Å². The summed E-state index contributed by atoms with van der Waals surface area (Å²) in [5.41, 5.74) is 4.13. The molecule has 0 bridgehead atoms. The van der Waals surface area contributed by atoms with Crippen LogP contribution in [0.5, 0.6) is 0 Å². The highest BCUT2D eigenvalue weighted by Gasteiger charge is 2.25.